The average Bonchev–Trinajstić information content (AvgIpc) is 2.42. The number of fused-ring (bicyclic) bond motifs is 1. The highest BCUT2D eigenvalue weighted by molar-refractivity contribution is 5.87. The van der Waals surface area contributed by atoms with E-state index < -0.39 is 12.0 Å². The van der Waals surface area contributed by atoms with Crippen LogP contribution in [0.5, 0.6) is 0 Å². The summed E-state index contributed by atoms with van der Waals surface area (Å²) in [5.74, 6) is -1.26. The van der Waals surface area contributed by atoms with Gasteiger partial charge in [0.15, 0.2) is 6.04 Å². The first kappa shape index (κ1) is 15.0. The van der Waals surface area contributed by atoms with Gasteiger partial charge in [0, 0.05) is 13.0 Å². The predicted octanol–water partition coefficient (Wildman–Crippen LogP) is 3.22. The lowest BCUT2D eigenvalue weighted by molar-refractivity contribution is -0.151. The maximum Gasteiger partial charge on any atom is 0.331 e. The molecule has 2 rings (SSSR count). The number of hydrogen-bond acceptors (Lipinski definition) is 2. The lowest BCUT2D eigenvalue weighted by atomic mass is 9.99. The largest absolute Gasteiger partial charge is 0.479 e. The fourth-order valence-electron chi connectivity index (χ4n) is 2.64. The van der Waals surface area contributed by atoms with E-state index >= 15 is 0 Å². The third-order valence-electron chi connectivity index (χ3n) is 3.52. The number of rotatable bonds is 4. The van der Waals surface area contributed by atoms with Crippen molar-refractivity contribution in [2.45, 2.75) is 32.9 Å². The van der Waals surface area contributed by atoms with Gasteiger partial charge in [0.1, 0.15) is 0 Å². The van der Waals surface area contributed by atoms with Crippen molar-refractivity contribution in [1.29, 1.82) is 0 Å². The number of aliphatic carboxylic acids is 1. The van der Waals surface area contributed by atoms with E-state index in [4.69, 9.17) is 0 Å². The van der Waals surface area contributed by atoms with E-state index in [0.717, 1.165) is 10.8 Å². The van der Waals surface area contributed by atoms with Crippen molar-refractivity contribution in [2.24, 2.45) is 0 Å². The Morgan fingerprint density at radius 3 is 2.19 bits per heavy atom. The molecule has 21 heavy (non-hydrogen) atoms. The molecule has 0 fully saturated rings. The zero-order valence-electron chi connectivity index (χ0n) is 12.4. The Hall–Kier alpha value is -2.36. The van der Waals surface area contributed by atoms with Crippen LogP contribution in [0, 0.1) is 0 Å². The molecule has 4 heteroatoms. The van der Waals surface area contributed by atoms with Crippen LogP contribution in [0.15, 0.2) is 42.5 Å². The van der Waals surface area contributed by atoms with Crippen molar-refractivity contribution in [2.75, 3.05) is 0 Å². The molecule has 2 aromatic carbocycles. The fourth-order valence-corrected chi connectivity index (χ4v) is 2.64. The average molecular weight is 285 g/mol. The van der Waals surface area contributed by atoms with Crippen LogP contribution in [-0.4, -0.2) is 27.9 Å². The highest BCUT2D eigenvalue weighted by Gasteiger charge is 2.31. The monoisotopic (exact) mass is 285 g/mol. The van der Waals surface area contributed by atoms with Crippen LogP contribution in [0.1, 0.15) is 32.4 Å². The molecule has 0 aliphatic carbocycles. The first-order valence-corrected chi connectivity index (χ1v) is 6.92. The summed E-state index contributed by atoms with van der Waals surface area (Å²) in [6.07, 6.45) is 0. The lowest BCUT2D eigenvalue weighted by Crippen LogP contribution is -2.42. The smallest absolute Gasteiger partial charge is 0.331 e. The van der Waals surface area contributed by atoms with Gasteiger partial charge in [-0.1, -0.05) is 36.4 Å². The van der Waals surface area contributed by atoms with Gasteiger partial charge < -0.3 is 10.0 Å². The zero-order chi connectivity index (χ0) is 15.6. The maximum absolute atomic E-state index is 11.8. The van der Waals surface area contributed by atoms with Gasteiger partial charge in [0.05, 0.1) is 0 Å². The molecular formula is C17H19NO3. The van der Waals surface area contributed by atoms with Crippen molar-refractivity contribution in [1.82, 2.24) is 4.90 Å². The van der Waals surface area contributed by atoms with E-state index in [1.54, 1.807) is 6.07 Å². The van der Waals surface area contributed by atoms with Crippen molar-refractivity contribution in [3.63, 3.8) is 0 Å². The third kappa shape index (κ3) is 3.05. The molecule has 0 radical (unpaired) electrons. The molecule has 0 bridgehead atoms. The number of carboxylic acids is 1. The Labute approximate surface area is 124 Å². The Morgan fingerprint density at radius 2 is 1.67 bits per heavy atom. The summed E-state index contributed by atoms with van der Waals surface area (Å²) in [5, 5.41) is 11.6. The molecule has 1 amide bonds. The number of amides is 1. The Balaban J connectivity index is 2.54. The summed E-state index contributed by atoms with van der Waals surface area (Å²) < 4.78 is 0. The number of hydrogen-bond donors (Lipinski definition) is 1. The van der Waals surface area contributed by atoms with Gasteiger partial charge in [0.25, 0.3) is 0 Å². The minimum absolute atomic E-state index is 0.185. The van der Waals surface area contributed by atoms with E-state index in [2.05, 4.69) is 0 Å². The summed E-state index contributed by atoms with van der Waals surface area (Å²) in [6.45, 7) is 5.04. The zero-order valence-corrected chi connectivity index (χ0v) is 12.4. The van der Waals surface area contributed by atoms with Gasteiger partial charge in [-0.05, 0) is 36.2 Å². The SMILES string of the molecule is CC(=O)N(C(C)C)C(C(=O)O)c1ccc2ccccc2c1. The summed E-state index contributed by atoms with van der Waals surface area (Å²) in [5.41, 5.74) is 0.616. The molecule has 0 aromatic heterocycles. The number of carbonyl (C=O) groups excluding carboxylic acids is 1. The standard InChI is InChI=1S/C17H19NO3/c1-11(2)18(12(3)19)16(17(20)21)15-9-8-13-6-4-5-7-14(13)10-15/h4-11,16H,1-3H3,(H,20,21). The first-order valence-electron chi connectivity index (χ1n) is 6.92. The molecule has 0 spiro atoms. The van der Waals surface area contributed by atoms with Crippen LogP contribution < -0.4 is 0 Å². The molecular weight excluding hydrogens is 266 g/mol. The van der Waals surface area contributed by atoms with Gasteiger partial charge in [-0.2, -0.15) is 0 Å². The molecule has 110 valence electrons. The van der Waals surface area contributed by atoms with Gasteiger partial charge in [-0.3, -0.25) is 4.79 Å². The summed E-state index contributed by atoms with van der Waals surface area (Å²) in [6, 6.07) is 12.1. The van der Waals surface area contributed by atoms with E-state index in [1.165, 1.54) is 11.8 Å². The quantitative estimate of drug-likeness (QED) is 0.938. The van der Waals surface area contributed by atoms with Gasteiger partial charge >= 0.3 is 5.97 Å². The molecule has 0 heterocycles. The second-order valence-electron chi connectivity index (χ2n) is 5.37. The second-order valence-corrected chi connectivity index (χ2v) is 5.37. The molecule has 0 saturated carbocycles. The van der Waals surface area contributed by atoms with Crippen molar-refractivity contribution < 1.29 is 14.7 Å². The lowest BCUT2D eigenvalue weighted by Gasteiger charge is -2.32. The Kier molecular flexibility index (Phi) is 4.26. The van der Waals surface area contributed by atoms with Gasteiger partial charge in [-0.25, -0.2) is 4.79 Å². The fraction of sp³-hybridized carbons (Fsp3) is 0.294. The van der Waals surface area contributed by atoms with Crippen molar-refractivity contribution in [3.8, 4) is 0 Å². The van der Waals surface area contributed by atoms with Crippen LogP contribution in [0.25, 0.3) is 10.8 Å². The van der Waals surface area contributed by atoms with Gasteiger partial charge in [0.2, 0.25) is 5.91 Å². The summed E-state index contributed by atoms with van der Waals surface area (Å²) >= 11 is 0. The van der Waals surface area contributed by atoms with Crippen LogP contribution in [-0.2, 0) is 9.59 Å². The topological polar surface area (TPSA) is 57.6 Å². The summed E-state index contributed by atoms with van der Waals surface area (Å²) in [7, 11) is 0. The Morgan fingerprint density at radius 1 is 1.05 bits per heavy atom. The van der Waals surface area contributed by atoms with E-state index in [9.17, 15) is 14.7 Å². The van der Waals surface area contributed by atoms with Gasteiger partial charge in [-0.15, -0.1) is 0 Å². The first-order chi connectivity index (χ1) is 9.91. The molecule has 0 saturated heterocycles. The van der Waals surface area contributed by atoms with E-state index in [-0.39, 0.29) is 11.9 Å². The molecule has 1 atom stereocenters. The maximum atomic E-state index is 11.8. The van der Waals surface area contributed by atoms with E-state index in [0.29, 0.717) is 5.56 Å². The normalized spacial score (nSPS) is 12.4. The van der Waals surface area contributed by atoms with Crippen LogP contribution in [0.4, 0.5) is 0 Å². The number of carbonyl (C=O) groups is 2. The molecule has 2 aromatic rings. The highest BCUT2D eigenvalue weighted by atomic mass is 16.4. The molecule has 1 N–H and O–H groups in total. The number of carboxylic acid groups (broad SMARTS) is 1. The van der Waals surface area contributed by atoms with Crippen LogP contribution >= 0.6 is 0 Å². The van der Waals surface area contributed by atoms with Crippen molar-refractivity contribution >= 4 is 22.6 Å². The minimum Gasteiger partial charge on any atom is -0.479 e. The molecule has 1 unspecified atom stereocenters. The predicted molar refractivity (Wildman–Crippen MR) is 82.0 cm³/mol. The van der Waals surface area contributed by atoms with Crippen LogP contribution in [0.2, 0.25) is 0 Å². The molecule has 0 aliphatic heterocycles. The summed E-state index contributed by atoms with van der Waals surface area (Å²) in [4.78, 5) is 24.9. The van der Waals surface area contributed by atoms with Crippen LogP contribution in [0.3, 0.4) is 0 Å². The Bertz CT molecular complexity index is 679. The third-order valence-corrected chi connectivity index (χ3v) is 3.52. The van der Waals surface area contributed by atoms with E-state index in [1.807, 2.05) is 50.2 Å². The molecule has 0 aliphatic rings. The number of nitrogens with zero attached hydrogens (tertiary/aromatic N) is 1. The number of benzene rings is 2. The minimum atomic E-state index is -1.02. The second kappa shape index (κ2) is 5.95. The molecule has 4 nitrogen and oxygen atoms in total. The highest BCUT2D eigenvalue weighted by Crippen LogP contribution is 2.27. The van der Waals surface area contributed by atoms with Crippen molar-refractivity contribution in [3.05, 3.63) is 48.0 Å².